The second-order valence-electron chi connectivity index (χ2n) is 5.10. The Morgan fingerprint density at radius 3 is 2.76 bits per heavy atom. The zero-order chi connectivity index (χ0) is 14.8. The fraction of sp³-hybridized carbons (Fsp3) is 0.312. The van der Waals surface area contributed by atoms with Crippen LogP contribution in [0, 0.1) is 5.82 Å². The number of aryl methyl sites for hydroxylation is 2. The molecule has 0 fully saturated rings. The Labute approximate surface area is 126 Å². The molecule has 1 amide bonds. The molecule has 3 nitrogen and oxygen atoms in total. The van der Waals surface area contributed by atoms with E-state index in [1.54, 1.807) is 23.5 Å². The number of thiophene rings is 1. The Bertz CT molecular complexity index is 664. The number of hydrogen-bond donors (Lipinski definition) is 1. The van der Waals surface area contributed by atoms with E-state index in [4.69, 9.17) is 10.5 Å². The molecule has 1 aromatic carbocycles. The second-order valence-corrected chi connectivity index (χ2v) is 6.28. The maximum absolute atomic E-state index is 12.9. The highest BCUT2D eigenvalue weighted by Crippen LogP contribution is 2.33. The van der Waals surface area contributed by atoms with Gasteiger partial charge >= 0.3 is 0 Å². The highest BCUT2D eigenvalue weighted by molar-refractivity contribution is 7.12. The number of ether oxygens (including phenoxy) is 1. The summed E-state index contributed by atoms with van der Waals surface area (Å²) >= 11 is 1.61. The van der Waals surface area contributed by atoms with Crippen LogP contribution in [0.2, 0.25) is 0 Å². The molecule has 0 unspecified atom stereocenters. The number of carbonyl (C=O) groups excluding carboxylic acids is 1. The van der Waals surface area contributed by atoms with E-state index in [9.17, 15) is 9.18 Å². The van der Waals surface area contributed by atoms with Gasteiger partial charge in [-0.25, -0.2) is 4.39 Å². The SMILES string of the molecule is NC(=O)c1c(CCc2ccc(F)cc2)sc2c1CCOC2. The van der Waals surface area contributed by atoms with Crippen molar-refractivity contribution in [2.75, 3.05) is 6.61 Å². The lowest BCUT2D eigenvalue weighted by Gasteiger charge is -2.12. The largest absolute Gasteiger partial charge is 0.376 e. The Kier molecular flexibility index (Phi) is 4.03. The van der Waals surface area contributed by atoms with E-state index in [1.807, 2.05) is 0 Å². The van der Waals surface area contributed by atoms with Gasteiger partial charge in [-0.3, -0.25) is 4.79 Å². The van der Waals surface area contributed by atoms with Crippen molar-refractivity contribution in [2.24, 2.45) is 5.73 Å². The maximum atomic E-state index is 12.9. The van der Waals surface area contributed by atoms with Gasteiger partial charge in [0.2, 0.25) is 5.91 Å². The van der Waals surface area contributed by atoms with Crippen molar-refractivity contribution in [1.29, 1.82) is 0 Å². The molecule has 21 heavy (non-hydrogen) atoms. The van der Waals surface area contributed by atoms with Gasteiger partial charge in [0.05, 0.1) is 18.8 Å². The molecule has 0 spiro atoms. The molecule has 110 valence electrons. The molecule has 5 heteroatoms. The lowest BCUT2D eigenvalue weighted by Crippen LogP contribution is -2.17. The number of carbonyl (C=O) groups is 1. The molecule has 1 aliphatic rings. The van der Waals surface area contributed by atoms with E-state index < -0.39 is 0 Å². The summed E-state index contributed by atoms with van der Waals surface area (Å²) in [5.41, 5.74) is 8.34. The van der Waals surface area contributed by atoms with Gasteiger partial charge in [0, 0.05) is 9.75 Å². The fourth-order valence-electron chi connectivity index (χ4n) is 2.66. The van der Waals surface area contributed by atoms with Crippen molar-refractivity contribution >= 4 is 17.2 Å². The van der Waals surface area contributed by atoms with Crippen LogP contribution in [0.15, 0.2) is 24.3 Å². The van der Waals surface area contributed by atoms with Crippen molar-refractivity contribution in [3.63, 3.8) is 0 Å². The van der Waals surface area contributed by atoms with Crippen molar-refractivity contribution in [1.82, 2.24) is 0 Å². The summed E-state index contributed by atoms with van der Waals surface area (Å²) in [7, 11) is 0. The molecule has 0 radical (unpaired) electrons. The van der Waals surface area contributed by atoms with Gasteiger partial charge in [0.1, 0.15) is 5.82 Å². The second kappa shape index (κ2) is 5.95. The molecule has 2 heterocycles. The Morgan fingerprint density at radius 2 is 2.05 bits per heavy atom. The minimum atomic E-state index is -0.358. The van der Waals surface area contributed by atoms with Crippen LogP contribution in [0.5, 0.6) is 0 Å². The summed E-state index contributed by atoms with van der Waals surface area (Å²) < 4.78 is 18.3. The average Bonchev–Trinajstić information content (AvgIpc) is 2.85. The highest BCUT2D eigenvalue weighted by Gasteiger charge is 2.23. The fourth-order valence-corrected chi connectivity index (χ4v) is 3.96. The Balaban J connectivity index is 1.83. The van der Waals surface area contributed by atoms with Gasteiger partial charge in [-0.05, 0) is 42.5 Å². The smallest absolute Gasteiger partial charge is 0.250 e. The third-order valence-electron chi connectivity index (χ3n) is 3.69. The van der Waals surface area contributed by atoms with E-state index in [2.05, 4.69) is 0 Å². The number of rotatable bonds is 4. The topological polar surface area (TPSA) is 52.3 Å². The maximum Gasteiger partial charge on any atom is 0.250 e. The average molecular weight is 305 g/mol. The molecule has 2 aromatic rings. The first kappa shape index (κ1) is 14.2. The zero-order valence-corrected chi connectivity index (χ0v) is 12.3. The lowest BCUT2D eigenvalue weighted by atomic mass is 10.0. The molecule has 0 saturated heterocycles. The van der Waals surface area contributed by atoms with E-state index in [0.717, 1.165) is 40.1 Å². The van der Waals surface area contributed by atoms with E-state index in [-0.39, 0.29) is 11.7 Å². The third kappa shape index (κ3) is 2.99. The van der Waals surface area contributed by atoms with E-state index in [0.29, 0.717) is 18.8 Å². The molecule has 0 saturated carbocycles. The minimum absolute atomic E-state index is 0.236. The zero-order valence-electron chi connectivity index (χ0n) is 11.5. The minimum Gasteiger partial charge on any atom is -0.376 e. The van der Waals surface area contributed by atoms with Crippen LogP contribution >= 0.6 is 11.3 Å². The molecule has 0 aliphatic carbocycles. The summed E-state index contributed by atoms with van der Waals surface area (Å²) in [6, 6.07) is 6.46. The van der Waals surface area contributed by atoms with Gasteiger partial charge < -0.3 is 10.5 Å². The van der Waals surface area contributed by atoms with Gasteiger partial charge in [0.15, 0.2) is 0 Å². The van der Waals surface area contributed by atoms with Crippen molar-refractivity contribution in [3.05, 3.63) is 56.5 Å². The number of nitrogens with two attached hydrogens (primary N) is 1. The van der Waals surface area contributed by atoms with Crippen LogP contribution in [0.25, 0.3) is 0 Å². The van der Waals surface area contributed by atoms with Gasteiger partial charge in [-0.15, -0.1) is 11.3 Å². The molecule has 3 rings (SSSR count). The summed E-state index contributed by atoms with van der Waals surface area (Å²) in [5.74, 6) is -0.594. The molecular weight excluding hydrogens is 289 g/mol. The van der Waals surface area contributed by atoms with Crippen LogP contribution < -0.4 is 5.73 Å². The number of halogens is 1. The Hall–Kier alpha value is -1.72. The van der Waals surface area contributed by atoms with Crippen molar-refractivity contribution < 1.29 is 13.9 Å². The van der Waals surface area contributed by atoms with Crippen molar-refractivity contribution in [2.45, 2.75) is 25.9 Å². The van der Waals surface area contributed by atoms with Crippen LogP contribution in [-0.4, -0.2) is 12.5 Å². The first-order valence-corrected chi connectivity index (χ1v) is 7.72. The Morgan fingerprint density at radius 1 is 1.29 bits per heavy atom. The molecule has 2 N–H and O–H groups in total. The summed E-state index contributed by atoms with van der Waals surface area (Å²) in [6.45, 7) is 1.21. The monoisotopic (exact) mass is 305 g/mol. The molecule has 0 bridgehead atoms. The molecular formula is C16H16FNO2S. The quantitative estimate of drug-likeness (QED) is 0.944. The lowest BCUT2D eigenvalue weighted by molar-refractivity contribution is 0.0989. The summed E-state index contributed by atoms with van der Waals surface area (Å²) in [4.78, 5) is 13.9. The van der Waals surface area contributed by atoms with Gasteiger partial charge in [-0.2, -0.15) is 0 Å². The summed E-state index contributed by atoms with van der Waals surface area (Å²) in [6.07, 6.45) is 2.25. The third-order valence-corrected chi connectivity index (χ3v) is 4.96. The van der Waals surface area contributed by atoms with Crippen LogP contribution in [0.1, 0.15) is 31.2 Å². The summed E-state index contributed by atoms with van der Waals surface area (Å²) in [5, 5.41) is 0. The van der Waals surface area contributed by atoms with Crippen LogP contribution in [-0.2, 0) is 30.6 Å². The standard InChI is InChI=1S/C16H16FNO2S/c17-11-4-1-10(2-5-11)3-6-13-15(16(18)19)12-7-8-20-9-14(12)21-13/h1-2,4-5H,3,6-9H2,(H2,18,19). The number of benzene rings is 1. The number of amides is 1. The van der Waals surface area contributed by atoms with E-state index >= 15 is 0 Å². The van der Waals surface area contributed by atoms with Crippen LogP contribution in [0.3, 0.4) is 0 Å². The van der Waals surface area contributed by atoms with Crippen LogP contribution in [0.4, 0.5) is 4.39 Å². The highest BCUT2D eigenvalue weighted by atomic mass is 32.1. The number of hydrogen-bond acceptors (Lipinski definition) is 3. The number of primary amides is 1. The molecule has 0 atom stereocenters. The normalized spacial score (nSPS) is 14.0. The predicted molar refractivity (Wildman–Crippen MR) is 80.0 cm³/mol. The molecule has 1 aromatic heterocycles. The first-order chi connectivity index (χ1) is 10.1. The first-order valence-electron chi connectivity index (χ1n) is 6.90. The van der Waals surface area contributed by atoms with Crippen molar-refractivity contribution in [3.8, 4) is 0 Å². The van der Waals surface area contributed by atoms with Gasteiger partial charge in [0.25, 0.3) is 0 Å². The van der Waals surface area contributed by atoms with Gasteiger partial charge in [-0.1, -0.05) is 12.1 Å². The predicted octanol–water partition coefficient (Wildman–Crippen LogP) is 2.84. The number of fused-ring (bicyclic) bond motifs is 1. The molecule has 1 aliphatic heterocycles. The van der Waals surface area contributed by atoms with E-state index in [1.165, 1.54) is 12.1 Å².